The van der Waals surface area contributed by atoms with Gasteiger partial charge in [-0.15, -0.1) is 0 Å². The van der Waals surface area contributed by atoms with Gasteiger partial charge in [0, 0.05) is 12.1 Å². The molecular formula is C17H25N3O4. The Bertz CT molecular complexity index is 556. The van der Waals surface area contributed by atoms with Gasteiger partial charge in [-0.3, -0.25) is 19.3 Å². The number of amides is 5. The van der Waals surface area contributed by atoms with Crippen LogP contribution < -0.4 is 5.32 Å². The fourth-order valence-electron chi connectivity index (χ4n) is 4.07. The summed E-state index contributed by atoms with van der Waals surface area (Å²) in [5, 5.41) is 2.92. The van der Waals surface area contributed by atoms with Crippen LogP contribution in [0, 0.1) is 5.92 Å². The molecule has 0 aromatic rings. The first-order chi connectivity index (χ1) is 11.5. The number of nitrogens with zero attached hydrogens (tertiary/aromatic N) is 2. The van der Waals surface area contributed by atoms with E-state index in [0.717, 1.165) is 54.7 Å². The van der Waals surface area contributed by atoms with Crippen molar-refractivity contribution in [3.63, 3.8) is 0 Å². The fraction of sp³-hybridized carbons (Fsp3) is 0.765. The van der Waals surface area contributed by atoms with Gasteiger partial charge in [-0.05, 0) is 31.6 Å². The van der Waals surface area contributed by atoms with E-state index in [2.05, 4.69) is 12.2 Å². The van der Waals surface area contributed by atoms with E-state index in [0.29, 0.717) is 5.92 Å². The van der Waals surface area contributed by atoms with E-state index in [1.165, 1.54) is 6.42 Å². The summed E-state index contributed by atoms with van der Waals surface area (Å²) in [5.74, 6) is -1.63. The van der Waals surface area contributed by atoms with Crippen molar-refractivity contribution in [1.82, 2.24) is 15.1 Å². The van der Waals surface area contributed by atoms with Crippen LogP contribution in [-0.2, 0) is 14.4 Å². The van der Waals surface area contributed by atoms with E-state index in [1.54, 1.807) is 0 Å². The van der Waals surface area contributed by atoms with Gasteiger partial charge in [-0.1, -0.05) is 32.6 Å². The molecule has 1 heterocycles. The Morgan fingerprint density at radius 3 is 2.29 bits per heavy atom. The fourth-order valence-corrected chi connectivity index (χ4v) is 4.07. The first kappa shape index (κ1) is 16.9. The topological polar surface area (TPSA) is 86.8 Å². The van der Waals surface area contributed by atoms with E-state index < -0.39 is 17.8 Å². The molecule has 2 atom stereocenters. The zero-order valence-corrected chi connectivity index (χ0v) is 14.1. The van der Waals surface area contributed by atoms with Crippen LogP contribution in [0.3, 0.4) is 0 Å². The van der Waals surface area contributed by atoms with Gasteiger partial charge in [0.2, 0.25) is 5.91 Å². The molecule has 3 rings (SSSR count). The second-order valence-corrected chi connectivity index (χ2v) is 7.22. The summed E-state index contributed by atoms with van der Waals surface area (Å²) in [5.41, 5.74) is 0. The minimum Gasteiger partial charge on any atom is -0.352 e. The molecule has 0 radical (unpaired) electrons. The summed E-state index contributed by atoms with van der Waals surface area (Å²) in [6, 6.07) is -0.746. The number of hydrogen-bond acceptors (Lipinski definition) is 4. The van der Waals surface area contributed by atoms with E-state index in [-0.39, 0.29) is 24.5 Å². The predicted octanol–water partition coefficient (Wildman–Crippen LogP) is 1.41. The molecule has 0 bridgehead atoms. The van der Waals surface area contributed by atoms with Crippen LogP contribution in [0.2, 0.25) is 0 Å². The normalized spacial score (nSPS) is 28.8. The number of imide groups is 2. The largest absolute Gasteiger partial charge is 0.352 e. The Balaban J connectivity index is 1.61. The highest BCUT2D eigenvalue weighted by Gasteiger charge is 2.48. The number of hydrogen-bond donors (Lipinski definition) is 1. The molecule has 0 unspecified atom stereocenters. The first-order valence-electron chi connectivity index (χ1n) is 8.97. The minimum absolute atomic E-state index is 0.0840. The standard InChI is InChI=1S/C17H25N3O4/c1-11-6-2-5-9-13(11)18-14(21)10-19-15(22)16(23)20(17(19)24)12-7-3-4-8-12/h11-13H,2-10H2,1H3,(H,18,21)/t11-,13+/m0/s1. The molecule has 7 heteroatoms. The van der Waals surface area contributed by atoms with Crippen LogP contribution in [0.25, 0.3) is 0 Å². The third-order valence-electron chi connectivity index (χ3n) is 5.53. The molecule has 3 fully saturated rings. The number of rotatable bonds is 4. The molecule has 0 aromatic heterocycles. The van der Waals surface area contributed by atoms with Crippen LogP contribution in [0.5, 0.6) is 0 Å². The average molecular weight is 335 g/mol. The van der Waals surface area contributed by atoms with Gasteiger partial charge < -0.3 is 5.32 Å². The highest BCUT2D eigenvalue weighted by molar-refractivity contribution is 6.45. The lowest BCUT2D eigenvalue weighted by Gasteiger charge is -2.30. The Hall–Kier alpha value is -1.92. The average Bonchev–Trinajstić information content (AvgIpc) is 3.14. The lowest BCUT2D eigenvalue weighted by Crippen LogP contribution is -2.47. The second-order valence-electron chi connectivity index (χ2n) is 7.22. The highest BCUT2D eigenvalue weighted by Crippen LogP contribution is 2.28. The van der Waals surface area contributed by atoms with Gasteiger partial charge in [-0.2, -0.15) is 0 Å². The Labute approximate surface area is 141 Å². The summed E-state index contributed by atoms with van der Waals surface area (Å²) < 4.78 is 0. The van der Waals surface area contributed by atoms with E-state index >= 15 is 0 Å². The van der Waals surface area contributed by atoms with Crippen LogP contribution >= 0.6 is 0 Å². The molecule has 132 valence electrons. The van der Waals surface area contributed by atoms with Crippen molar-refractivity contribution < 1.29 is 19.2 Å². The summed E-state index contributed by atoms with van der Waals surface area (Å²) in [4.78, 5) is 50.8. The monoisotopic (exact) mass is 335 g/mol. The molecule has 3 aliphatic rings. The maximum absolute atomic E-state index is 12.4. The molecular weight excluding hydrogens is 310 g/mol. The van der Waals surface area contributed by atoms with Gasteiger partial charge in [0.05, 0.1) is 0 Å². The summed E-state index contributed by atoms with van der Waals surface area (Å²) in [7, 11) is 0. The zero-order chi connectivity index (χ0) is 17.3. The van der Waals surface area contributed by atoms with E-state index in [9.17, 15) is 19.2 Å². The van der Waals surface area contributed by atoms with Crippen molar-refractivity contribution in [2.75, 3.05) is 6.54 Å². The predicted molar refractivity (Wildman–Crippen MR) is 85.8 cm³/mol. The molecule has 24 heavy (non-hydrogen) atoms. The van der Waals surface area contributed by atoms with Crippen LogP contribution in [0.4, 0.5) is 4.79 Å². The van der Waals surface area contributed by atoms with Gasteiger partial charge in [0.15, 0.2) is 0 Å². The van der Waals surface area contributed by atoms with Crippen molar-refractivity contribution >= 4 is 23.8 Å². The number of urea groups is 1. The molecule has 0 aromatic carbocycles. The number of carbonyl (C=O) groups excluding carboxylic acids is 4. The maximum atomic E-state index is 12.4. The maximum Gasteiger partial charge on any atom is 0.334 e. The molecule has 7 nitrogen and oxygen atoms in total. The van der Waals surface area contributed by atoms with Crippen molar-refractivity contribution in [2.45, 2.75) is 70.4 Å². The molecule has 1 aliphatic heterocycles. The van der Waals surface area contributed by atoms with E-state index in [1.807, 2.05) is 0 Å². The third kappa shape index (κ3) is 3.16. The molecule has 5 amide bonds. The lowest BCUT2D eigenvalue weighted by molar-refractivity contribution is -0.144. The summed E-state index contributed by atoms with van der Waals surface area (Å²) in [6.07, 6.45) is 7.62. The van der Waals surface area contributed by atoms with Crippen LogP contribution in [0.15, 0.2) is 0 Å². The Kier molecular flexibility index (Phi) is 4.87. The molecule has 2 saturated carbocycles. The van der Waals surface area contributed by atoms with Crippen LogP contribution in [0.1, 0.15) is 58.3 Å². The van der Waals surface area contributed by atoms with Gasteiger partial charge >= 0.3 is 17.8 Å². The third-order valence-corrected chi connectivity index (χ3v) is 5.53. The zero-order valence-electron chi connectivity index (χ0n) is 14.1. The molecule has 2 aliphatic carbocycles. The van der Waals surface area contributed by atoms with Crippen LogP contribution in [-0.4, -0.2) is 52.2 Å². The molecule has 1 saturated heterocycles. The van der Waals surface area contributed by atoms with Gasteiger partial charge in [-0.25, -0.2) is 9.69 Å². The van der Waals surface area contributed by atoms with Crippen molar-refractivity contribution in [1.29, 1.82) is 0 Å². The number of nitrogens with one attached hydrogen (secondary N) is 1. The highest BCUT2D eigenvalue weighted by atomic mass is 16.2. The Morgan fingerprint density at radius 2 is 1.62 bits per heavy atom. The quantitative estimate of drug-likeness (QED) is 0.622. The van der Waals surface area contributed by atoms with Crippen molar-refractivity contribution in [3.05, 3.63) is 0 Å². The summed E-state index contributed by atoms with van der Waals surface area (Å²) >= 11 is 0. The second kappa shape index (κ2) is 6.91. The van der Waals surface area contributed by atoms with Gasteiger partial charge in [0.1, 0.15) is 6.54 Å². The van der Waals surface area contributed by atoms with Crippen molar-refractivity contribution in [3.8, 4) is 0 Å². The van der Waals surface area contributed by atoms with E-state index in [4.69, 9.17) is 0 Å². The van der Waals surface area contributed by atoms with Gasteiger partial charge in [0.25, 0.3) is 0 Å². The van der Waals surface area contributed by atoms with Crippen molar-refractivity contribution in [2.24, 2.45) is 5.92 Å². The SMILES string of the molecule is C[C@H]1CCCC[C@H]1NC(=O)CN1C(=O)C(=O)N(C2CCCC2)C1=O. The lowest BCUT2D eigenvalue weighted by atomic mass is 9.86. The smallest absolute Gasteiger partial charge is 0.334 e. The number of carbonyl (C=O) groups is 4. The first-order valence-corrected chi connectivity index (χ1v) is 8.97. The molecule has 0 spiro atoms. The molecule has 1 N–H and O–H groups in total. The summed E-state index contributed by atoms with van der Waals surface area (Å²) in [6.45, 7) is 1.73. The Morgan fingerprint density at radius 1 is 1.00 bits per heavy atom. The minimum atomic E-state index is -0.876.